The van der Waals surface area contributed by atoms with Gasteiger partial charge in [-0.2, -0.15) is 13.2 Å². The first kappa shape index (κ1) is 22.8. The monoisotopic (exact) mass is 485 g/mol. The van der Waals surface area contributed by atoms with Gasteiger partial charge in [0.15, 0.2) is 0 Å². The molecule has 4 aromatic rings. The molecule has 1 amide bonds. The van der Waals surface area contributed by atoms with Crippen LogP contribution >= 0.6 is 0 Å². The van der Waals surface area contributed by atoms with Gasteiger partial charge in [-0.05, 0) is 42.5 Å². The Balaban J connectivity index is 1.64. The smallest absolute Gasteiger partial charge is 0.378 e. The van der Waals surface area contributed by atoms with Gasteiger partial charge in [0.05, 0.1) is 29.9 Å². The van der Waals surface area contributed by atoms with Crippen molar-refractivity contribution >= 4 is 28.4 Å². The van der Waals surface area contributed by atoms with Crippen LogP contribution < -0.4 is 10.2 Å². The van der Waals surface area contributed by atoms with Crippen LogP contribution in [0, 0.1) is 5.82 Å². The first-order chi connectivity index (χ1) is 16.8. The molecule has 1 aliphatic heterocycles. The zero-order valence-corrected chi connectivity index (χ0v) is 18.2. The molecule has 0 unspecified atom stereocenters. The number of pyridine rings is 1. The topological polar surface area (TPSA) is 83.1 Å². The van der Waals surface area contributed by atoms with Gasteiger partial charge in [-0.1, -0.05) is 6.07 Å². The summed E-state index contributed by atoms with van der Waals surface area (Å²) in [7, 11) is 0. The molecule has 3 heterocycles. The van der Waals surface area contributed by atoms with Crippen LogP contribution in [0.4, 0.5) is 29.1 Å². The standard InChI is InChI=1S/C24H19F4N5O2/c25-14-4-5-16(18(11-14)24(26,27)28)22-30-19-13-15(33-7-9-35-10-8-33)12-17(21(19)32-22)23(34)31-20-3-1-2-6-29-20/h1-6,11-13H,7-10H2,(H,30,32)(H,29,31,34). The van der Waals surface area contributed by atoms with Gasteiger partial charge in [-0.25, -0.2) is 14.4 Å². The molecule has 1 saturated heterocycles. The highest BCUT2D eigenvalue weighted by molar-refractivity contribution is 6.12. The Kier molecular flexibility index (Phi) is 5.85. The van der Waals surface area contributed by atoms with E-state index in [2.05, 4.69) is 20.3 Å². The molecule has 1 aliphatic rings. The highest BCUT2D eigenvalue weighted by Crippen LogP contribution is 2.38. The molecule has 11 heteroatoms. The minimum Gasteiger partial charge on any atom is -0.378 e. The van der Waals surface area contributed by atoms with E-state index in [1.54, 1.807) is 30.3 Å². The summed E-state index contributed by atoms with van der Waals surface area (Å²) in [6, 6.07) is 10.8. The summed E-state index contributed by atoms with van der Waals surface area (Å²) in [5, 5.41) is 2.70. The number of halogens is 4. The molecule has 2 N–H and O–H groups in total. The van der Waals surface area contributed by atoms with Crippen molar-refractivity contribution in [2.45, 2.75) is 6.18 Å². The van der Waals surface area contributed by atoms with Gasteiger partial charge >= 0.3 is 6.18 Å². The molecule has 7 nitrogen and oxygen atoms in total. The number of imidazole rings is 1. The summed E-state index contributed by atoms with van der Waals surface area (Å²) in [5.74, 6) is -1.34. The van der Waals surface area contributed by atoms with Crippen LogP contribution in [0.5, 0.6) is 0 Å². The Morgan fingerprint density at radius 2 is 1.89 bits per heavy atom. The molecule has 1 fully saturated rings. The molecule has 0 saturated carbocycles. The Morgan fingerprint density at radius 3 is 2.60 bits per heavy atom. The van der Waals surface area contributed by atoms with Gasteiger partial charge in [0, 0.05) is 30.5 Å². The lowest BCUT2D eigenvalue weighted by Gasteiger charge is -2.29. The number of hydrogen-bond acceptors (Lipinski definition) is 5. The Morgan fingerprint density at radius 1 is 1.09 bits per heavy atom. The average molecular weight is 485 g/mol. The Labute approximate surface area is 196 Å². The fourth-order valence-corrected chi connectivity index (χ4v) is 3.98. The SMILES string of the molecule is O=C(Nc1ccccn1)c1cc(N2CCOCC2)cc2[nH]c(-c3ccc(F)cc3C(F)(F)F)nc12. The summed E-state index contributed by atoms with van der Waals surface area (Å²) in [6.45, 7) is 2.19. The third kappa shape index (κ3) is 4.67. The zero-order chi connectivity index (χ0) is 24.6. The van der Waals surface area contributed by atoms with Gasteiger partial charge in [-0.3, -0.25) is 4.79 Å². The Hall–Kier alpha value is -3.99. The highest BCUT2D eigenvalue weighted by atomic mass is 19.4. The normalized spacial score (nSPS) is 14.3. The maximum absolute atomic E-state index is 13.6. The second kappa shape index (κ2) is 8.99. The van der Waals surface area contributed by atoms with Crippen LogP contribution in [-0.4, -0.2) is 47.2 Å². The number of H-pyrrole nitrogens is 1. The van der Waals surface area contributed by atoms with E-state index in [-0.39, 0.29) is 22.5 Å². The molecule has 180 valence electrons. The number of fused-ring (bicyclic) bond motifs is 1. The lowest BCUT2D eigenvalue weighted by atomic mass is 10.1. The molecule has 0 spiro atoms. The molecular formula is C24H19F4N5O2. The number of anilines is 2. The summed E-state index contributed by atoms with van der Waals surface area (Å²) in [4.78, 5) is 26.5. The minimum absolute atomic E-state index is 0.127. The number of carbonyl (C=O) groups excluding carboxylic acids is 1. The summed E-state index contributed by atoms with van der Waals surface area (Å²) in [5.41, 5.74) is -0.0795. The highest BCUT2D eigenvalue weighted by Gasteiger charge is 2.35. The number of ether oxygens (including phenoxy) is 1. The van der Waals surface area contributed by atoms with Gasteiger partial charge in [0.25, 0.3) is 5.91 Å². The summed E-state index contributed by atoms with van der Waals surface area (Å²) < 4.78 is 59.9. The van der Waals surface area contributed by atoms with Crippen molar-refractivity contribution in [3.05, 3.63) is 71.7 Å². The van der Waals surface area contributed by atoms with Crippen LogP contribution in [0.1, 0.15) is 15.9 Å². The van der Waals surface area contributed by atoms with Gasteiger partial charge < -0.3 is 19.9 Å². The molecule has 5 rings (SSSR count). The van der Waals surface area contributed by atoms with Crippen molar-refractivity contribution < 1.29 is 27.1 Å². The van der Waals surface area contributed by atoms with Crippen LogP contribution in [0.25, 0.3) is 22.4 Å². The number of aromatic amines is 1. The molecule has 0 bridgehead atoms. The quantitative estimate of drug-likeness (QED) is 0.403. The minimum atomic E-state index is -4.80. The maximum atomic E-state index is 13.6. The fourth-order valence-electron chi connectivity index (χ4n) is 3.98. The van der Waals surface area contributed by atoms with E-state index in [0.29, 0.717) is 49.4 Å². The maximum Gasteiger partial charge on any atom is 0.417 e. The van der Waals surface area contributed by atoms with E-state index in [9.17, 15) is 22.4 Å². The zero-order valence-electron chi connectivity index (χ0n) is 18.2. The molecule has 0 radical (unpaired) electrons. The predicted octanol–water partition coefficient (Wildman–Crippen LogP) is 4.87. The van der Waals surface area contributed by atoms with Gasteiger partial charge in [0.1, 0.15) is 23.0 Å². The molecular weight excluding hydrogens is 466 g/mol. The van der Waals surface area contributed by atoms with E-state index in [1.807, 2.05) is 4.90 Å². The van der Waals surface area contributed by atoms with Gasteiger partial charge in [-0.15, -0.1) is 0 Å². The second-order valence-corrected chi connectivity index (χ2v) is 7.93. The third-order valence-electron chi connectivity index (χ3n) is 5.64. The van der Waals surface area contributed by atoms with Crippen LogP contribution in [0.15, 0.2) is 54.7 Å². The molecule has 2 aromatic heterocycles. The third-order valence-corrected chi connectivity index (χ3v) is 5.64. The van der Waals surface area contributed by atoms with E-state index in [1.165, 1.54) is 6.20 Å². The number of carbonyl (C=O) groups is 1. The van der Waals surface area contributed by atoms with Crippen molar-refractivity contribution in [2.24, 2.45) is 0 Å². The van der Waals surface area contributed by atoms with Crippen molar-refractivity contribution in [3.8, 4) is 11.4 Å². The number of rotatable bonds is 4. The number of hydrogen-bond donors (Lipinski definition) is 2. The number of nitrogens with one attached hydrogen (secondary N) is 2. The number of morpholine rings is 1. The molecule has 2 aromatic carbocycles. The number of amides is 1. The number of aromatic nitrogens is 3. The van der Waals surface area contributed by atoms with Crippen LogP contribution in [0.2, 0.25) is 0 Å². The first-order valence-electron chi connectivity index (χ1n) is 10.8. The average Bonchev–Trinajstić information content (AvgIpc) is 3.28. The lowest BCUT2D eigenvalue weighted by molar-refractivity contribution is -0.137. The first-order valence-corrected chi connectivity index (χ1v) is 10.8. The second-order valence-electron chi connectivity index (χ2n) is 7.93. The largest absolute Gasteiger partial charge is 0.417 e. The molecule has 0 atom stereocenters. The van der Waals surface area contributed by atoms with Crippen LogP contribution in [0.3, 0.4) is 0 Å². The molecule has 35 heavy (non-hydrogen) atoms. The summed E-state index contributed by atoms with van der Waals surface area (Å²) in [6.07, 6.45) is -3.27. The van der Waals surface area contributed by atoms with Crippen molar-refractivity contribution in [1.82, 2.24) is 15.0 Å². The van der Waals surface area contributed by atoms with E-state index < -0.39 is 23.5 Å². The van der Waals surface area contributed by atoms with Crippen molar-refractivity contribution in [3.63, 3.8) is 0 Å². The predicted molar refractivity (Wildman–Crippen MR) is 122 cm³/mol. The van der Waals surface area contributed by atoms with Crippen molar-refractivity contribution in [1.29, 1.82) is 0 Å². The Bertz CT molecular complexity index is 1380. The lowest BCUT2D eigenvalue weighted by Crippen LogP contribution is -2.36. The fraction of sp³-hybridized carbons (Fsp3) is 0.208. The molecule has 0 aliphatic carbocycles. The number of alkyl halides is 3. The number of nitrogens with zero attached hydrogens (tertiary/aromatic N) is 3. The van der Waals surface area contributed by atoms with Crippen molar-refractivity contribution in [2.75, 3.05) is 36.5 Å². The van der Waals surface area contributed by atoms with Gasteiger partial charge in [0.2, 0.25) is 0 Å². The number of benzene rings is 2. The van der Waals surface area contributed by atoms with E-state index >= 15 is 0 Å². The van der Waals surface area contributed by atoms with Crippen LogP contribution in [-0.2, 0) is 10.9 Å². The van der Waals surface area contributed by atoms with E-state index in [0.717, 1.165) is 12.1 Å². The summed E-state index contributed by atoms with van der Waals surface area (Å²) >= 11 is 0. The van der Waals surface area contributed by atoms with E-state index in [4.69, 9.17) is 4.74 Å².